The van der Waals surface area contributed by atoms with Crippen molar-refractivity contribution >= 4 is 28.9 Å². The molecule has 1 atom stereocenters. The third-order valence-corrected chi connectivity index (χ3v) is 5.14. The molecule has 0 saturated heterocycles. The molecule has 0 bridgehead atoms. The summed E-state index contributed by atoms with van der Waals surface area (Å²) < 4.78 is 6.58. The third kappa shape index (κ3) is 3.79. The van der Waals surface area contributed by atoms with Crippen molar-refractivity contribution < 1.29 is 9.53 Å². The molecule has 0 N–H and O–H groups in total. The van der Waals surface area contributed by atoms with Gasteiger partial charge in [-0.3, -0.25) is 4.79 Å². The van der Waals surface area contributed by atoms with Gasteiger partial charge in [-0.25, -0.2) is 14.6 Å². The Labute approximate surface area is 149 Å². The summed E-state index contributed by atoms with van der Waals surface area (Å²) in [7, 11) is 1.39. The van der Waals surface area contributed by atoms with E-state index in [1.54, 1.807) is 4.68 Å². The molecule has 130 valence electrons. The smallest absolute Gasteiger partial charge is 0.319 e. The minimum Gasteiger partial charge on any atom is -0.468 e. The van der Waals surface area contributed by atoms with E-state index in [2.05, 4.69) is 51.5 Å². The van der Waals surface area contributed by atoms with Crippen LogP contribution in [0.2, 0.25) is 0 Å². The highest BCUT2D eigenvalue weighted by molar-refractivity contribution is 8.00. The summed E-state index contributed by atoms with van der Waals surface area (Å²) in [6.45, 7) is 4.56. The van der Waals surface area contributed by atoms with E-state index in [-0.39, 0.29) is 11.2 Å². The molecule has 0 aliphatic heterocycles. The number of fused-ring (bicyclic) bond motifs is 1. The molecule has 0 aliphatic rings. The largest absolute Gasteiger partial charge is 0.468 e. The Morgan fingerprint density at radius 1 is 1.28 bits per heavy atom. The molecule has 1 unspecified atom stereocenters. The van der Waals surface area contributed by atoms with Crippen LogP contribution in [0, 0.1) is 6.92 Å². The van der Waals surface area contributed by atoms with Crippen LogP contribution in [-0.4, -0.2) is 43.3 Å². The number of hydrogen-bond donors (Lipinski definition) is 0. The zero-order valence-electron chi connectivity index (χ0n) is 14.3. The Hall–Kier alpha value is -2.48. The van der Waals surface area contributed by atoms with Gasteiger partial charge in [0, 0.05) is 0 Å². The van der Waals surface area contributed by atoms with E-state index in [1.165, 1.54) is 30.8 Å². The van der Waals surface area contributed by atoms with Crippen molar-refractivity contribution in [3.8, 4) is 0 Å². The summed E-state index contributed by atoms with van der Waals surface area (Å²) in [5.41, 5.74) is 3.58. The van der Waals surface area contributed by atoms with Crippen molar-refractivity contribution in [2.75, 3.05) is 7.11 Å². The van der Waals surface area contributed by atoms with E-state index in [0.29, 0.717) is 29.2 Å². The fourth-order valence-corrected chi connectivity index (χ4v) is 3.38. The first-order valence-corrected chi connectivity index (χ1v) is 8.84. The fraction of sp³-hybridized carbons (Fsp3) is 0.353. The van der Waals surface area contributed by atoms with E-state index in [0.717, 1.165) is 5.56 Å². The van der Waals surface area contributed by atoms with Gasteiger partial charge in [-0.1, -0.05) is 53.7 Å². The standard InChI is InChI=1S/C17H19N5O2S/c1-4-13(17(23)24-3)25-16-14-15(18-10-19-16)22(21-20-14)9-12-7-5-11(2)6-8-12/h5-8,10,13H,4,9H2,1-3H3. The second-order valence-electron chi connectivity index (χ2n) is 5.62. The highest BCUT2D eigenvalue weighted by atomic mass is 32.2. The maximum Gasteiger partial charge on any atom is 0.319 e. The second-order valence-corrected chi connectivity index (χ2v) is 6.81. The van der Waals surface area contributed by atoms with Crippen LogP contribution in [0.5, 0.6) is 0 Å². The topological polar surface area (TPSA) is 82.8 Å². The SMILES string of the molecule is CCC(Sc1ncnc2c1nnn2Cc1ccc(C)cc1)C(=O)OC. The quantitative estimate of drug-likeness (QED) is 0.381. The number of carbonyl (C=O) groups is 1. The predicted octanol–water partition coefficient (Wildman–Crippen LogP) is 2.62. The lowest BCUT2D eigenvalue weighted by atomic mass is 10.1. The van der Waals surface area contributed by atoms with Gasteiger partial charge in [0.05, 0.1) is 13.7 Å². The normalized spacial score (nSPS) is 12.3. The van der Waals surface area contributed by atoms with E-state index >= 15 is 0 Å². The Balaban J connectivity index is 1.89. The molecule has 7 nitrogen and oxygen atoms in total. The minimum atomic E-state index is -0.328. The molecule has 0 spiro atoms. The number of rotatable bonds is 6. The summed E-state index contributed by atoms with van der Waals surface area (Å²) in [6.07, 6.45) is 2.12. The van der Waals surface area contributed by atoms with Crippen LogP contribution < -0.4 is 0 Å². The van der Waals surface area contributed by atoms with Crippen LogP contribution in [0.25, 0.3) is 11.2 Å². The van der Waals surface area contributed by atoms with Crippen molar-refractivity contribution in [2.24, 2.45) is 0 Å². The molecule has 8 heteroatoms. The molecule has 0 saturated carbocycles. The molecule has 0 radical (unpaired) electrons. The monoisotopic (exact) mass is 357 g/mol. The summed E-state index contributed by atoms with van der Waals surface area (Å²) in [5, 5.41) is 8.73. The molecular weight excluding hydrogens is 338 g/mol. The number of esters is 1. The van der Waals surface area contributed by atoms with Gasteiger partial charge >= 0.3 is 5.97 Å². The first kappa shape index (κ1) is 17.3. The molecule has 3 rings (SSSR count). The lowest BCUT2D eigenvalue weighted by molar-refractivity contribution is -0.140. The van der Waals surface area contributed by atoms with Gasteiger partial charge in [-0.15, -0.1) is 5.10 Å². The lowest BCUT2D eigenvalue weighted by Gasteiger charge is -2.11. The van der Waals surface area contributed by atoms with Crippen LogP contribution in [0.4, 0.5) is 0 Å². The molecule has 2 aromatic heterocycles. The second kappa shape index (κ2) is 7.60. The van der Waals surface area contributed by atoms with Gasteiger partial charge in [0.2, 0.25) is 0 Å². The summed E-state index contributed by atoms with van der Waals surface area (Å²) in [4.78, 5) is 20.4. The Morgan fingerprint density at radius 2 is 2.04 bits per heavy atom. The number of aromatic nitrogens is 5. The van der Waals surface area contributed by atoms with Crippen molar-refractivity contribution in [1.82, 2.24) is 25.0 Å². The number of hydrogen-bond acceptors (Lipinski definition) is 7. The first-order valence-electron chi connectivity index (χ1n) is 7.96. The summed E-state index contributed by atoms with van der Waals surface area (Å²) in [6, 6.07) is 8.24. The number of ether oxygens (including phenoxy) is 1. The molecular formula is C17H19N5O2S. The number of aryl methyl sites for hydroxylation is 1. The van der Waals surface area contributed by atoms with Gasteiger partial charge in [0.25, 0.3) is 0 Å². The maximum absolute atomic E-state index is 11.8. The molecule has 0 amide bonds. The Morgan fingerprint density at radius 3 is 2.72 bits per heavy atom. The van der Waals surface area contributed by atoms with Crippen molar-refractivity contribution in [2.45, 2.75) is 37.1 Å². The van der Waals surface area contributed by atoms with Crippen LogP contribution in [-0.2, 0) is 16.1 Å². The van der Waals surface area contributed by atoms with Crippen molar-refractivity contribution in [3.63, 3.8) is 0 Å². The van der Waals surface area contributed by atoms with Crippen LogP contribution >= 0.6 is 11.8 Å². The van der Waals surface area contributed by atoms with Gasteiger partial charge in [0.1, 0.15) is 16.6 Å². The van der Waals surface area contributed by atoms with Crippen molar-refractivity contribution in [1.29, 1.82) is 0 Å². The maximum atomic E-state index is 11.8. The van der Waals surface area contributed by atoms with Crippen LogP contribution in [0.15, 0.2) is 35.6 Å². The molecule has 2 heterocycles. The van der Waals surface area contributed by atoms with Crippen LogP contribution in [0.3, 0.4) is 0 Å². The Kier molecular flexibility index (Phi) is 5.28. The highest BCUT2D eigenvalue weighted by Crippen LogP contribution is 2.28. The number of thioether (sulfide) groups is 1. The third-order valence-electron chi connectivity index (χ3n) is 3.81. The Bertz CT molecular complexity index is 878. The fourth-order valence-electron chi connectivity index (χ4n) is 2.39. The molecule has 25 heavy (non-hydrogen) atoms. The average Bonchev–Trinajstić information content (AvgIpc) is 3.04. The number of nitrogens with zero attached hydrogens (tertiary/aromatic N) is 5. The minimum absolute atomic E-state index is 0.272. The van der Waals surface area contributed by atoms with Gasteiger partial charge in [0.15, 0.2) is 11.2 Å². The summed E-state index contributed by atoms with van der Waals surface area (Å²) in [5.74, 6) is -0.272. The van der Waals surface area contributed by atoms with Gasteiger partial charge in [-0.05, 0) is 18.9 Å². The lowest BCUT2D eigenvalue weighted by Crippen LogP contribution is -2.17. The summed E-state index contributed by atoms with van der Waals surface area (Å²) >= 11 is 1.33. The zero-order chi connectivity index (χ0) is 17.8. The molecule has 1 aromatic carbocycles. The van der Waals surface area contributed by atoms with E-state index in [4.69, 9.17) is 4.74 Å². The highest BCUT2D eigenvalue weighted by Gasteiger charge is 2.22. The van der Waals surface area contributed by atoms with E-state index in [1.807, 2.05) is 6.92 Å². The van der Waals surface area contributed by atoms with Gasteiger partial charge < -0.3 is 4.74 Å². The number of benzene rings is 1. The number of carbonyl (C=O) groups excluding carboxylic acids is 1. The van der Waals surface area contributed by atoms with E-state index in [9.17, 15) is 4.79 Å². The molecule has 3 aromatic rings. The molecule has 0 fully saturated rings. The average molecular weight is 357 g/mol. The van der Waals surface area contributed by atoms with Crippen molar-refractivity contribution in [3.05, 3.63) is 41.7 Å². The predicted molar refractivity (Wildman–Crippen MR) is 95.4 cm³/mol. The first-order chi connectivity index (χ1) is 12.1. The number of methoxy groups -OCH3 is 1. The van der Waals surface area contributed by atoms with E-state index < -0.39 is 0 Å². The zero-order valence-corrected chi connectivity index (χ0v) is 15.2. The van der Waals surface area contributed by atoms with Crippen LogP contribution in [0.1, 0.15) is 24.5 Å². The molecule has 0 aliphatic carbocycles. The van der Waals surface area contributed by atoms with Gasteiger partial charge in [-0.2, -0.15) is 0 Å².